The third-order valence-electron chi connectivity index (χ3n) is 2.96. The maximum atomic E-state index is 13.1. The summed E-state index contributed by atoms with van der Waals surface area (Å²) < 4.78 is 58.1. The largest absolute Gasteiger partial charge is 0.491 e. The van der Waals surface area contributed by atoms with Crippen molar-refractivity contribution in [3.8, 4) is 5.75 Å². The number of benzene rings is 2. The molecule has 0 fully saturated rings. The molecule has 7 heteroatoms. The van der Waals surface area contributed by atoms with E-state index in [-0.39, 0.29) is 17.5 Å². The quantitative estimate of drug-likeness (QED) is 0.878. The Morgan fingerprint density at radius 2 is 1.70 bits per heavy atom. The van der Waals surface area contributed by atoms with E-state index < -0.39 is 21.7 Å². The number of ether oxygens (including phenoxy) is 1. The van der Waals surface area contributed by atoms with Crippen molar-refractivity contribution in [1.29, 1.82) is 0 Å². The third-order valence-corrected chi connectivity index (χ3v) is 4.37. The van der Waals surface area contributed by atoms with E-state index in [1.807, 2.05) is 13.8 Å². The maximum absolute atomic E-state index is 13.1. The zero-order valence-electron chi connectivity index (χ0n) is 12.7. The molecule has 0 spiro atoms. The average molecular weight is 341 g/mol. The normalized spacial score (nSPS) is 11.7. The van der Waals surface area contributed by atoms with Crippen LogP contribution in [0.1, 0.15) is 19.4 Å². The second-order valence-corrected chi connectivity index (χ2v) is 6.98. The van der Waals surface area contributed by atoms with Crippen LogP contribution >= 0.6 is 0 Å². The number of hydrogen-bond donors (Lipinski definition) is 1. The van der Waals surface area contributed by atoms with Crippen LogP contribution in [0.25, 0.3) is 0 Å². The van der Waals surface area contributed by atoms with E-state index in [2.05, 4.69) is 4.72 Å². The SMILES string of the molecule is CC(C)Oc1ccc(S(=O)(=O)NCc2ccc(F)c(F)c2)cc1. The molecule has 2 aromatic carbocycles. The molecule has 0 bridgehead atoms. The van der Waals surface area contributed by atoms with Crippen LogP contribution in [-0.4, -0.2) is 14.5 Å². The summed E-state index contributed by atoms with van der Waals surface area (Å²) in [6.45, 7) is 3.60. The molecule has 0 aliphatic rings. The molecule has 0 saturated carbocycles. The highest BCUT2D eigenvalue weighted by molar-refractivity contribution is 7.89. The van der Waals surface area contributed by atoms with Crippen LogP contribution in [0.3, 0.4) is 0 Å². The van der Waals surface area contributed by atoms with Crippen molar-refractivity contribution in [1.82, 2.24) is 4.72 Å². The molecule has 124 valence electrons. The number of halogens is 2. The van der Waals surface area contributed by atoms with Crippen LogP contribution in [0.2, 0.25) is 0 Å². The van der Waals surface area contributed by atoms with Gasteiger partial charge in [-0.15, -0.1) is 0 Å². The minimum absolute atomic E-state index is 0.0102. The summed E-state index contributed by atoms with van der Waals surface area (Å²) in [6, 6.07) is 9.20. The predicted molar refractivity (Wildman–Crippen MR) is 82.6 cm³/mol. The number of hydrogen-bond acceptors (Lipinski definition) is 3. The lowest BCUT2D eigenvalue weighted by Gasteiger charge is -2.11. The average Bonchev–Trinajstić information content (AvgIpc) is 2.48. The second kappa shape index (κ2) is 7.06. The Labute approximate surface area is 134 Å². The lowest BCUT2D eigenvalue weighted by molar-refractivity contribution is 0.242. The Balaban J connectivity index is 2.07. The Morgan fingerprint density at radius 3 is 2.26 bits per heavy atom. The third kappa shape index (κ3) is 4.74. The summed E-state index contributed by atoms with van der Waals surface area (Å²) in [5.41, 5.74) is 0.326. The Morgan fingerprint density at radius 1 is 1.04 bits per heavy atom. The molecular weight excluding hydrogens is 324 g/mol. The minimum atomic E-state index is -3.75. The van der Waals surface area contributed by atoms with Gasteiger partial charge >= 0.3 is 0 Å². The van der Waals surface area contributed by atoms with Crippen LogP contribution in [0.15, 0.2) is 47.4 Å². The molecule has 0 saturated heterocycles. The van der Waals surface area contributed by atoms with E-state index in [0.29, 0.717) is 11.3 Å². The first kappa shape index (κ1) is 17.4. The summed E-state index contributed by atoms with van der Waals surface area (Å²) in [6.07, 6.45) is -0.0102. The van der Waals surface area contributed by atoms with Gasteiger partial charge in [0.05, 0.1) is 11.0 Å². The molecule has 0 aliphatic carbocycles. The maximum Gasteiger partial charge on any atom is 0.240 e. The predicted octanol–water partition coefficient (Wildman–Crippen LogP) is 3.23. The number of nitrogens with one attached hydrogen (secondary N) is 1. The smallest absolute Gasteiger partial charge is 0.240 e. The zero-order valence-corrected chi connectivity index (χ0v) is 13.5. The Kier molecular flexibility index (Phi) is 5.33. The number of rotatable bonds is 6. The molecule has 2 rings (SSSR count). The van der Waals surface area contributed by atoms with Crippen molar-refractivity contribution in [2.24, 2.45) is 0 Å². The van der Waals surface area contributed by atoms with E-state index in [4.69, 9.17) is 4.74 Å². The van der Waals surface area contributed by atoms with Crippen LogP contribution in [-0.2, 0) is 16.6 Å². The summed E-state index contributed by atoms with van der Waals surface area (Å²) in [5, 5.41) is 0. The lowest BCUT2D eigenvalue weighted by atomic mass is 10.2. The van der Waals surface area contributed by atoms with Crippen molar-refractivity contribution in [2.75, 3.05) is 0 Å². The Hall–Kier alpha value is -1.99. The second-order valence-electron chi connectivity index (χ2n) is 5.21. The van der Waals surface area contributed by atoms with Crippen molar-refractivity contribution >= 4 is 10.0 Å². The molecular formula is C16H17F2NO3S. The van der Waals surface area contributed by atoms with Crippen LogP contribution < -0.4 is 9.46 Å². The Bertz CT molecular complexity index is 774. The van der Waals surface area contributed by atoms with Gasteiger partial charge in [0.2, 0.25) is 10.0 Å². The highest BCUT2D eigenvalue weighted by Gasteiger charge is 2.14. The van der Waals surface area contributed by atoms with E-state index in [1.165, 1.54) is 18.2 Å². The van der Waals surface area contributed by atoms with Crippen LogP contribution in [0, 0.1) is 11.6 Å². The zero-order chi connectivity index (χ0) is 17.0. The highest BCUT2D eigenvalue weighted by atomic mass is 32.2. The van der Waals surface area contributed by atoms with Crippen molar-refractivity contribution in [2.45, 2.75) is 31.4 Å². The number of sulfonamides is 1. The first-order chi connectivity index (χ1) is 10.8. The van der Waals surface area contributed by atoms with Crippen LogP contribution in [0.4, 0.5) is 8.78 Å². The first-order valence-electron chi connectivity index (χ1n) is 6.98. The van der Waals surface area contributed by atoms with Crippen molar-refractivity contribution < 1.29 is 21.9 Å². The first-order valence-corrected chi connectivity index (χ1v) is 8.46. The highest BCUT2D eigenvalue weighted by Crippen LogP contribution is 2.17. The molecule has 4 nitrogen and oxygen atoms in total. The van der Waals surface area contributed by atoms with E-state index >= 15 is 0 Å². The van der Waals surface area contributed by atoms with Crippen LogP contribution in [0.5, 0.6) is 5.75 Å². The van der Waals surface area contributed by atoms with Gasteiger partial charge in [0, 0.05) is 6.54 Å². The van der Waals surface area contributed by atoms with Gasteiger partial charge in [-0.3, -0.25) is 0 Å². The fourth-order valence-corrected chi connectivity index (χ4v) is 2.90. The summed E-state index contributed by atoms with van der Waals surface area (Å²) in [5.74, 6) is -1.42. The van der Waals surface area contributed by atoms with Gasteiger partial charge in [-0.1, -0.05) is 6.07 Å². The van der Waals surface area contributed by atoms with Gasteiger partial charge in [-0.2, -0.15) is 0 Å². The summed E-state index contributed by atoms with van der Waals surface area (Å²) in [4.78, 5) is 0.0659. The van der Waals surface area contributed by atoms with E-state index in [1.54, 1.807) is 12.1 Å². The molecule has 0 atom stereocenters. The minimum Gasteiger partial charge on any atom is -0.491 e. The van der Waals surface area contributed by atoms with Gasteiger partial charge in [0.25, 0.3) is 0 Å². The fraction of sp³-hybridized carbons (Fsp3) is 0.250. The van der Waals surface area contributed by atoms with Gasteiger partial charge in [0.1, 0.15) is 5.75 Å². The monoisotopic (exact) mass is 341 g/mol. The molecule has 0 heterocycles. The summed E-state index contributed by atoms with van der Waals surface area (Å²) >= 11 is 0. The van der Waals surface area contributed by atoms with E-state index in [9.17, 15) is 17.2 Å². The topological polar surface area (TPSA) is 55.4 Å². The van der Waals surface area contributed by atoms with Gasteiger partial charge in [-0.05, 0) is 55.8 Å². The van der Waals surface area contributed by atoms with E-state index in [0.717, 1.165) is 12.1 Å². The standard InChI is InChI=1S/C16H17F2NO3S/c1-11(2)22-13-4-6-14(7-5-13)23(20,21)19-10-12-3-8-15(17)16(18)9-12/h3-9,11,19H,10H2,1-2H3. The van der Waals surface area contributed by atoms with Crippen molar-refractivity contribution in [3.05, 3.63) is 59.7 Å². The molecule has 0 aliphatic heterocycles. The molecule has 1 N–H and O–H groups in total. The molecule has 0 amide bonds. The molecule has 0 radical (unpaired) electrons. The van der Waals surface area contributed by atoms with Gasteiger partial charge < -0.3 is 4.74 Å². The van der Waals surface area contributed by atoms with Gasteiger partial charge in [0.15, 0.2) is 11.6 Å². The molecule has 0 aromatic heterocycles. The van der Waals surface area contributed by atoms with Gasteiger partial charge in [-0.25, -0.2) is 21.9 Å². The molecule has 23 heavy (non-hydrogen) atoms. The lowest BCUT2D eigenvalue weighted by Crippen LogP contribution is -2.23. The summed E-state index contributed by atoms with van der Waals surface area (Å²) in [7, 11) is -3.75. The molecule has 0 unspecified atom stereocenters. The van der Waals surface area contributed by atoms with Crippen molar-refractivity contribution in [3.63, 3.8) is 0 Å². The molecule has 2 aromatic rings. The fourth-order valence-electron chi connectivity index (χ4n) is 1.88.